The lowest BCUT2D eigenvalue weighted by atomic mass is 10.1. The molecule has 0 atom stereocenters. The van der Waals surface area contributed by atoms with Crippen LogP contribution in [0.2, 0.25) is 0 Å². The van der Waals surface area contributed by atoms with Gasteiger partial charge in [0.15, 0.2) is 6.29 Å². The number of piperazine rings is 1. The Balaban J connectivity index is 0.000000492. The van der Waals surface area contributed by atoms with Crippen LogP contribution in [-0.2, 0) is 0 Å². The third kappa shape index (κ3) is 4.13. The summed E-state index contributed by atoms with van der Waals surface area (Å²) in [6, 6.07) is 7.79. The highest BCUT2D eigenvalue weighted by atomic mass is 16.1. The van der Waals surface area contributed by atoms with Gasteiger partial charge in [-0.25, -0.2) is 0 Å². The third-order valence-electron chi connectivity index (χ3n) is 2.91. The third-order valence-corrected chi connectivity index (χ3v) is 2.91. The molecule has 0 amide bonds. The zero-order valence-electron chi connectivity index (χ0n) is 11.3. The maximum absolute atomic E-state index is 10.9. The lowest BCUT2D eigenvalue weighted by Gasteiger charge is -2.34. The number of para-hydroxylation sites is 1. The summed E-state index contributed by atoms with van der Waals surface area (Å²) in [5, 5.41) is 0. The van der Waals surface area contributed by atoms with E-state index in [0.717, 1.165) is 50.3 Å². The molecule has 1 aliphatic rings. The van der Waals surface area contributed by atoms with Gasteiger partial charge in [0, 0.05) is 37.4 Å². The minimum absolute atomic E-state index is 0.750. The summed E-state index contributed by atoms with van der Waals surface area (Å²) in [6.07, 6.45) is 0.938. The Morgan fingerprint density at radius 1 is 1.22 bits per heavy atom. The summed E-state index contributed by atoms with van der Waals surface area (Å²) in [5.74, 6) is 0. The van der Waals surface area contributed by atoms with Crippen molar-refractivity contribution in [2.45, 2.75) is 6.92 Å². The van der Waals surface area contributed by atoms with E-state index >= 15 is 0 Å². The van der Waals surface area contributed by atoms with Crippen LogP contribution < -0.4 is 10.6 Å². The molecule has 4 nitrogen and oxygen atoms in total. The first-order valence-corrected chi connectivity index (χ1v) is 6.40. The van der Waals surface area contributed by atoms with E-state index in [1.54, 1.807) is 0 Å². The van der Waals surface area contributed by atoms with Gasteiger partial charge in [-0.2, -0.15) is 0 Å². The maximum Gasteiger partial charge on any atom is 0.152 e. The monoisotopic (exact) mass is 249 g/mol. The fourth-order valence-electron chi connectivity index (χ4n) is 1.92. The highest BCUT2D eigenvalue weighted by Gasteiger charge is 2.15. The SMILES string of the molecule is CCN.CN1CCN(c2ccccc2C=O)CC1. The molecular weight excluding hydrogens is 226 g/mol. The average molecular weight is 249 g/mol. The number of carbonyl (C=O) groups excluding carboxylic acids is 1. The van der Waals surface area contributed by atoms with Crippen LogP contribution in [0.25, 0.3) is 0 Å². The molecule has 1 heterocycles. The van der Waals surface area contributed by atoms with Gasteiger partial charge in [-0.3, -0.25) is 4.79 Å². The van der Waals surface area contributed by atoms with Crippen LogP contribution in [-0.4, -0.2) is 51.0 Å². The van der Waals surface area contributed by atoms with Gasteiger partial charge in [-0.1, -0.05) is 19.1 Å². The van der Waals surface area contributed by atoms with Crippen LogP contribution >= 0.6 is 0 Å². The van der Waals surface area contributed by atoms with Gasteiger partial charge in [0.05, 0.1) is 0 Å². The summed E-state index contributed by atoms with van der Waals surface area (Å²) >= 11 is 0. The predicted molar refractivity (Wildman–Crippen MR) is 76.3 cm³/mol. The number of nitrogens with two attached hydrogens (primary N) is 1. The molecule has 2 N–H and O–H groups in total. The summed E-state index contributed by atoms with van der Waals surface area (Å²) < 4.78 is 0. The lowest BCUT2D eigenvalue weighted by Crippen LogP contribution is -2.44. The first-order valence-electron chi connectivity index (χ1n) is 6.40. The number of benzene rings is 1. The van der Waals surface area contributed by atoms with Crippen molar-refractivity contribution in [2.24, 2.45) is 5.73 Å². The molecule has 1 aliphatic heterocycles. The Kier molecular flexibility index (Phi) is 6.39. The number of nitrogens with zero attached hydrogens (tertiary/aromatic N) is 2. The number of rotatable bonds is 2. The molecule has 100 valence electrons. The van der Waals surface area contributed by atoms with E-state index in [1.807, 2.05) is 31.2 Å². The number of aldehydes is 1. The number of carbonyl (C=O) groups is 1. The topological polar surface area (TPSA) is 49.6 Å². The fourth-order valence-corrected chi connectivity index (χ4v) is 1.92. The van der Waals surface area contributed by atoms with Gasteiger partial charge in [0.1, 0.15) is 0 Å². The van der Waals surface area contributed by atoms with E-state index in [-0.39, 0.29) is 0 Å². The van der Waals surface area contributed by atoms with Crippen molar-refractivity contribution in [3.05, 3.63) is 29.8 Å². The number of anilines is 1. The molecule has 1 saturated heterocycles. The summed E-state index contributed by atoms with van der Waals surface area (Å²) in [6.45, 7) is 6.78. The normalized spacial score (nSPS) is 15.8. The van der Waals surface area contributed by atoms with Gasteiger partial charge >= 0.3 is 0 Å². The zero-order valence-corrected chi connectivity index (χ0v) is 11.3. The van der Waals surface area contributed by atoms with Crippen LogP contribution in [0.5, 0.6) is 0 Å². The molecule has 2 rings (SSSR count). The quantitative estimate of drug-likeness (QED) is 0.801. The smallest absolute Gasteiger partial charge is 0.152 e. The predicted octanol–water partition coefficient (Wildman–Crippen LogP) is 1.22. The number of hydrogen-bond donors (Lipinski definition) is 1. The zero-order chi connectivity index (χ0) is 13.4. The van der Waals surface area contributed by atoms with E-state index in [0.29, 0.717) is 0 Å². The second-order valence-electron chi connectivity index (χ2n) is 4.38. The van der Waals surface area contributed by atoms with Crippen LogP contribution in [0.4, 0.5) is 5.69 Å². The Bertz CT molecular complexity index is 360. The molecule has 0 radical (unpaired) electrons. The van der Waals surface area contributed by atoms with Gasteiger partial charge < -0.3 is 15.5 Å². The molecule has 1 aromatic rings. The molecule has 0 aromatic heterocycles. The van der Waals surface area contributed by atoms with Gasteiger partial charge in [-0.15, -0.1) is 0 Å². The van der Waals surface area contributed by atoms with E-state index in [9.17, 15) is 4.79 Å². The summed E-state index contributed by atoms with van der Waals surface area (Å²) in [5.41, 5.74) is 6.71. The first-order chi connectivity index (χ1) is 8.72. The number of likely N-dealkylation sites (N-methyl/N-ethyl adjacent to an activating group) is 1. The molecule has 0 bridgehead atoms. The van der Waals surface area contributed by atoms with E-state index in [2.05, 4.69) is 16.8 Å². The highest BCUT2D eigenvalue weighted by molar-refractivity contribution is 5.84. The van der Waals surface area contributed by atoms with Crippen molar-refractivity contribution in [2.75, 3.05) is 44.7 Å². The second kappa shape index (κ2) is 7.84. The minimum Gasteiger partial charge on any atom is -0.368 e. The fraction of sp³-hybridized carbons (Fsp3) is 0.500. The van der Waals surface area contributed by atoms with E-state index in [1.165, 1.54) is 0 Å². The van der Waals surface area contributed by atoms with Gasteiger partial charge in [0.25, 0.3) is 0 Å². The van der Waals surface area contributed by atoms with Gasteiger partial charge in [0.2, 0.25) is 0 Å². The molecule has 0 saturated carbocycles. The molecule has 4 heteroatoms. The summed E-state index contributed by atoms with van der Waals surface area (Å²) in [7, 11) is 2.13. The molecule has 0 unspecified atom stereocenters. The maximum atomic E-state index is 10.9. The van der Waals surface area contributed by atoms with Crippen LogP contribution in [0.3, 0.4) is 0 Å². The number of hydrogen-bond acceptors (Lipinski definition) is 4. The van der Waals surface area contributed by atoms with Crippen molar-refractivity contribution >= 4 is 12.0 Å². The Labute approximate surface area is 109 Å². The molecule has 1 aromatic carbocycles. The lowest BCUT2D eigenvalue weighted by molar-refractivity contribution is 0.112. The van der Waals surface area contributed by atoms with Crippen LogP contribution in [0.15, 0.2) is 24.3 Å². The first kappa shape index (κ1) is 14.7. The standard InChI is InChI=1S/C12H16N2O.C2H7N/c1-13-6-8-14(9-7-13)12-5-3-2-4-11(12)10-15;1-2-3/h2-5,10H,6-9H2,1H3;2-3H2,1H3. The van der Waals surface area contributed by atoms with Crippen molar-refractivity contribution in [1.82, 2.24) is 4.90 Å². The van der Waals surface area contributed by atoms with Crippen molar-refractivity contribution in [3.63, 3.8) is 0 Å². The van der Waals surface area contributed by atoms with Gasteiger partial charge in [-0.05, 0) is 25.7 Å². The van der Waals surface area contributed by atoms with Crippen LogP contribution in [0, 0.1) is 0 Å². The minimum atomic E-state index is 0.750. The Morgan fingerprint density at radius 2 is 1.78 bits per heavy atom. The Morgan fingerprint density at radius 3 is 2.33 bits per heavy atom. The molecule has 18 heavy (non-hydrogen) atoms. The highest BCUT2D eigenvalue weighted by Crippen LogP contribution is 2.19. The second-order valence-corrected chi connectivity index (χ2v) is 4.38. The molecular formula is C14H23N3O. The molecule has 1 fully saturated rings. The van der Waals surface area contributed by atoms with Crippen LogP contribution in [0.1, 0.15) is 17.3 Å². The van der Waals surface area contributed by atoms with Crippen molar-refractivity contribution in [3.8, 4) is 0 Å². The van der Waals surface area contributed by atoms with Crippen molar-refractivity contribution < 1.29 is 4.79 Å². The molecule has 0 spiro atoms. The largest absolute Gasteiger partial charge is 0.368 e. The van der Waals surface area contributed by atoms with E-state index < -0.39 is 0 Å². The molecule has 0 aliphatic carbocycles. The van der Waals surface area contributed by atoms with E-state index in [4.69, 9.17) is 5.73 Å². The summed E-state index contributed by atoms with van der Waals surface area (Å²) in [4.78, 5) is 15.5. The van der Waals surface area contributed by atoms with Crippen molar-refractivity contribution in [1.29, 1.82) is 0 Å². The Hall–Kier alpha value is -1.39. The average Bonchev–Trinajstić information content (AvgIpc) is 2.40.